The molecule has 0 aliphatic rings. The van der Waals surface area contributed by atoms with Crippen molar-refractivity contribution in [1.29, 1.82) is 0 Å². The number of aromatic amines is 1. The lowest BCUT2D eigenvalue weighted by Gasteiger charge is -2.03. The highest BCUT2D eigenvalue weighted by Gasteiger charge is 2.01. The topological polar surface area (TPSA) is 58.1 Å². The smallest absolute Gasteiger partial charge is 0.126 e. The molecule has 4 nitrogen and oxygen atoms in total. The number of phenolic OH excluding ortho intramolecular Hbond substituents is 1. The minimum absolute atomic E-state index is 0.195. The predicted octanol–water partition coefficient (Wildman–Crippen LogP) is 3.96. The van der Waals surface area contributed by atoms with Gasteiger partial charge >= 0.3 is 0 Å². The van der Waals surface area contributed by atoms with Gasteiger partial charge in [-0.05, 0) is 29.8 Å². The quantitative estimate of drug-likeness (QED) is 0.716. The molecule has 0 spiro atoms. The molecule has 3 rings (SSSR count). The van der Waals surface area contributed by atoms with Crippen molar-refractivity contribution in [2.24, 2.45) is 0 Å². The Bertz CT molecular complexity index is 793. The highest BCUT2D eigenvalue weighted by Crippen LogP contribution is 2.25. The average Bonchev–Trinajstić information content (AvgIpc) is 3.08. The fraction of sp³-hybridized carbons (Fsp3) is 0.0556. The molecule has 0 aliphatic heterocycles. The van der Waals surface area contributed by atoms with Gasteiger partial charge in [0.05, 0.1) is 12.8 Å². The highest BCUT2D eigenvalue weighted by molar-refractivity contribution is 5.75. The molecule has 22 heavy (non-hydrogen) atoms. The van der Waals surface area contributed by atoms with Crippen LogP contribution < -0.4 is 4.74 Å². The van der Waals surface area contributed by atoms with Gasteiger partial charge in [0.15, 0.2) is 0 Å². The number of aromatic hydroxyl groups is 1. The molecule has 2 N–H and O–H groups in total. The normalized spacial score (nSPS) is 11.0. The van der Waals surface area contributed by atoms with Crippen LogP contribution in [0.4, 0.5) is 0 Å². The SMILES string of the molecule is COc1ccc(/C=C/c2cccc(-c3ccn[nH]3)c2)c(O)c1. The van der Waals surface area contributed by atoms with Crippen molar-refractivity contribution in [1.82, 2.24) is 10.2 Å². The van der Waals surface area contributed by atoms with Crippen molar-refractivity contribution in [2.45, 2.75) is 0 Å². The van der Waals surface area contributed by atoms with Gasteiger partial charge in [-0.1, -0.05) is 30.4 Å². The number of H-pyrrole nitrogens is 1. The molecule has 1 aromatic heterocycles. The maximum atomic E-state index is 9.96. The summed E-state index contributed by atoms with van der Waals surface area (Å²) in [6, 6.07) is 15.3. The molecule has 0 fully saturated rings. The third kappa shape index (κ3) is 3.01. The third-order valence-corrected chi connectivity index (χ3v) is 3.39. The molecule has 0 amide bonds. The van der Waals surface area contributed by atoms with E-state index in [1.807, 2.05) is 48.6 Å². The van der Waals surface area contributed by atoms with Crippen molar-refractivity contribution in [3.05, 3.63) is 65.9 Å². The summed E-state index contributed by atoms with van der Waals surface area (Å²) in [6.07, 6.45) is 5.56. The maximum absolute atomic E-state index is 9.96. The lowest BCUT2D eigenvalue weighted by molar-refractivity contribution is 0.407. The van der Waals surface area contributed by atoms with Crippen molar-refractivity contribution in [2.75, 3.05) is 7.11 Å². The van der Waals surface area contributed by atoms with E-state index in [0.29, 0.717) is 5.75 Å². The lowest BCUT2D eigenvalue weighted by Crippen LogP contribution is -1.83. The maximum Gasteiger partial charge on any atom is 0.126 e. The molecule has 0 saturated heterocycles. The molecular formula is C18H16N2O2. The predicted molar refractivity (Wildman–Crippen MR) is 87.6 cm³/mol. The Morgan fingerprint density at radius 1 is 1.09 bits per heavy atom. The number of aromatic nitrogens is 2. The largest absolute Gasteiger partial charge is 0.507 e. The van der Waals surface area contributed by atoms with Crippen LogP contribution in [-0.2, 0) is 0 Å². The van der Waals surface area contributed by atoms with Crippen LogP contribution in [0, 0.1) is 0 Å². The van der Waals surface area contributed by atoms with E-state index >= 15 is 0 Å². The minimum Gasteiger partial charge on any atom is -0.507 e. The van der Waals surface area contributed by atoms with Gasteiger partial charge in [-0.3, -0.25) is 5.10 Å². The first-order valence-corrected chi connectivity index (χ1v) is 6.91. The second-order valence-corrected chi connectivity index (χ2v) is 4.85. The molecule has 2 aromatic carbocycles. The van der Waals surface area contributed by atoms with Crippen molar-refractivity contribution >= 4 is 12.2 Å². The summed E-state index contributed by atoms with van der Waals surface area (Å²) >= 11 is 0. The van der Waals surface area contributed by atoms with E-state index in [1.165, 1.54) is 0 Å². The number of nitrogens with one attached hydrogen (secondary N) is 1. The van der Waals surface area contributed by atoms with Crippen LogP contribution in [0.25, 0.3) is 23.4 Å². The van der Waals surface area contributed by atoms with E-state index in [9.17, 15) is 5.11 Å². The fourth-order valence-electron chi connectivity index (χ4n) is 2.20. The molecule has 0 aliphatic carbocycles. The number of nitrogens with zero attached hydrogens (tertiary/aromatic N) is 1. The van der Waals surface area contributed by atoms with Crippen LogP contribution >= 0.6 is 0 Å². The Morgan fingerprint density at radius 3 is 2.73 bits per heavy atom. The standard InChI is InChI=1S/C18H16N2O2/c1-22-16-8-7-14(18(21)12-16)6-5-13-3-2-4-15(11-13)17-9-10-19-20-17/h2-12,21H,1H3,(H,19,20)/b6-5+. The van der Waals surface area contributed by atoms with Crippen LogP contribution in [0.15, 0.2) is 54.7 Å². The van der Waals surface area contributed by atoms with E-state index in [-0.39, 0.29) is 5.75 Å². The molecule has 110 valence electrons. The molecule has 0 saturated carbocycles. The molecule has 4 heteroatoms. The molecule has 0 bridgehead atoms. The summed E-state index contributed by atoms with van der Waals surface area (Å²) in [7, 11) is 1.57. The van der Waals surface area contributed by atoms with E-state index in [2.05, 4.69) is 16.3 Å². The summed E-state index contributed by atoms with van der Waals surface area (Å²) in [5.41, 5.74) is 3.83. The first-order chi connectivity index (χ1) is 10.8. The lowest BCUT2D eigenvalue weighted by atomic mass is 10.1. The number of ether oxygens (including phenoxy) is 1. The van der Waals surface area contributed by atoms with Gasteiger partial charge in [0.25, 0.3) is 0 Å². The summed E-state index contributed by atoms with van der Waals surface area (Å²) in [4.78, 5) is 0. The van der Waals surface area contributed by atoms with Crippen molar-refractivity contribution in [3.63, 3.8) is 0 Å². The van der Waals surface area contributed by atoms with E-state index < -0.39 is 0 Å². The monoisotopic (exact) mass is 292 g/mol. The Kier molecular flexibility index (Phi) is 3.92. The Hall–Kier alpha value is -3.01. The summed E-state index contributed by atoms with van der Waals surface area (Å²) in [5, 5.41) is 16.9. The summed E-state index contributed by atoms with van der Waals surface area (Å²) in [6.45, 7) is 0. The zero-order chi connectivity index (χ0) is 15.4. The average molecular weight is 292 g/mol. The minimum atomic E-state index is 0.195. The number of benzene rings is 2. The number of methoxy groups -OCH3 is 1. The first kappa shape index (κ1) is 13.9. The van der Waals surface area contributed by atoms with E-state index in [4.69, 9.17) is 4.74 Å². The molecular weight excluding hydrogens is 276 g/mol. The van der Waals surface area contributed by atoms with Crippen LogP contribution in [0.2, 0.25) is 0 Å². The fourth-order valence-corrected chi connectivity index (χ4v) is 2.20. The second kappa shape index (κ2) is 6.18. The van der Waals surface area contributed by atoms with Crippen LogP contribution in [0.3, 0.4) is 0 Å². The molecule has 0 radical (unpaired) electrons. The first-order valence-electron chi connectivity index (χ1n) is 6.91. The Morgan fingerprint density at radius 2 is 2.00 bits per heavy atom. The van der Waals surface area contributed by atoms with Crippen molar-refractivity contribution < 1.29 is 9.84 Å². The van der Waals surface area contributed by atoms with Crippen LogP contribution in [-0.4, -0.2) is 22.4 Å². The number of rotatable bonds is 4. The molecule has 0 atom stereocenters. The Balaban J connectivity index is 1.85. The van der Waals surface area contributed by atoms with Gasteiger partial charge in [-0.2, -0.15) is 5.10 Å². The van der Waals surface area contributed by atoms with Gasteiger partial charge in [-0.15, -0.1) is 0 Å². The summed E-state index contributed by atoms with van der Waals surface area (Å²) in [5.74, 6) is 0.830. The van der Waals surface area contributed by atoms with E-state index in [1.54, 1.807) is 19.4 Å². The van der Waals surface area contributed by atoms with Crippen molar-refractivity contribution in [3.8, 4) is 22.8 Å². The summed E-state index contributed by atoms with van der Waals surface area (Å²) < 4.78 is 5.08. The number of hydrogen-bond donors (Lipinski definition) is 2. The zero-order valence-electron chi connectivity index (χ0n) is 12.2. The Labute approximate surface area is 128 Å². The van der Waals surface area contributed by atoms with Gasteiger partial charge in [0.2, 0.25) is 0 Å². The number of hydrogen-bond acceptors (Lipinski definition) is 3. The van der Waals surface area contributed by atoms with Gasteiger partial charge in [0, 0.05) is 23.4 Å². The highest BCUT2D eigenvalue weighted by atomic mass is 16.5. The van der Waals surface area contributed by atoms with Gasteiger partial charge in [0.1, 0.15) is 11.5 Å². The molecule has 3 aromatic rings. The van der Waals surface area contributed by atoms with E-state index in [0.717, 1.165) is 22.4 Å². The van der Waals surface area contributed by atoms with Gasteiger partial charge < -0.3 is 9.84 Å². The van der Waals surface area contributed by atoms with Crippen LogP contribution in [0.1, 0.15) is 11.1 Å². The molecule has 0 unspecified atom stereocenters. The number of phenols is 1. The van der Waals surface area contributed by atoms with Crippen LogP contribution in [0.5, 0.6) is 11.5 Å². The zero-order valence-corrected chi connectivity index (χ0v) is 12.2. The molecule has 1 heterocycles. The van der Waals surface area contributed by atoms with Gasteiger partial charge in [-0.25, -0.2) is 0 Å². The third-order valence-electron chi connectivity index (χ3n) is 3.39. The second-order valence-electron chi connectivity index (χ2n) is 4.85.